The summed E-state index contributed by atoms with van der Waals surface area (Å²) in [6, 6.07) is 1.09. The fourth-order valence-electron chi connectivity index (χ4n) is 0.868. The standard InChI is InChI=1S/C7H7NO5/c9-3-1-2-8-6(11)4(3)5(10)7(12)13/h1-2,5,10H,(H,12,13)(H2,8,9,11). The van der Waals surface area contributed by atoms with Crippen LogP contribution in [0.5, 0.6) is 5.75 Å². The second kappa shape index (κ2) is 3.28. The fourth-order valence-corrected chi connectivity index (χ4v) is 0.868. The number of carboxylic acids is 1. The van der Waals surface area contributed by atoms with Crippen LogP contribution in [0.1, 0.15) is 11.7 Å². The molecule has 1 heterocycles. The average Bonchev–Trinajstić information content (AvgIpc) is 2.03. The highest BCUT2D eigenvalue weighted by atomic mass is 16.4. The van der Waals surface area contributed by atoms with E-state index >= 15 is 0 Å². The molecular formula is C7H7NO5. The number of aromatic hydroxyl groups is 1. The van der Waals surface area contributed by atoms with Gasteiger partial charge >= 0.3 is 5.97 Å². The molecule has 0 saturated heterocycles. The van der Waals surface area contributed by atoms with Gasteiger partial charge in [-0.3, -0.25) is 4.79 Å². The zero-order valence-corrected chi connectivity index (χ0v) is 6.39. The van der Waals surface area contributed by atoms with Gasteiger partial charge in [0.2, 0.25) is 0 Å². The molecule has 1 aromatic heterocycles. The van der Waals surface area contributed by atoms with Crippen molar-refractivity contribution in [2.75, 3.05) is 0 Å². The monoisotopic (exact) mass is 185 g/mol. The van der Waals surface area contributed by atoms with E-state index in [9.17, 15) is 9.59 Å². The summed E-state index contributed by atoms with van der Waals surface area (Å²) in [7, 11) is 0. The maximum atomic E-state index is 10.9. The molecule has 1 aromatic rings. The number of nitrogens with one attached hydrogen (secondary N) is 1. The van der Waals surface area contributed by atoms with E-state index in [1.165, 1.54) is 0 Å². The Balaban J connectivity index is 3.28. The number of hydrogen-bond acceptors (Lipinski definition) is 4. The summed E-state index contributed by atoms with van der Waals surface area (Å²) in [5, 5.41) is 26.4. The highest BCUT2D eigenvalue weighted by Crippen LogP contribution is 2.18. The zero-order chi connectivity index (χ0) is 10.0. The minimum Gasteiger partial charge on any atom is -0.507 e. The molecule has 0 spiro atoms. The zero-order valence-electron chi connectivity index (χ0n) is 6.39. The van der Waals surface area contributed by atoms with Gasteiger partial charge in [-0.05, 0) is 6.07 Å². The van der Waals surface area contributed by atoms with Crippen molar-refractivity contribution < 1.29 is 20.1 Å². The van der Waals surface area contributed by atoms with E-state index < -0.39 is 28.9 Å². The van der Waals surface area contributed by atoms with Crippen LogP contribution in [0.3, 0.4) is 0 Å². The van der Waals surface area contributed by atoms with Crippen LogP contribution in [0.15, 0.2) is 17.1 Å². The molecule has 1 rings (SSSR count). The van der Waals surface area contributed by atoms with Crippen LogP contribution in [0.25, 0.3) is 0 Å². The van der Waals surface area contributed by atoms with Crippen LogP contribution < -0.4 is 5.56 Å². The van der Waals surface area contributed by atoms with Crippen molar-refractivity contribution >= 4 is 5.97 Å². The number of aliphatic hydroxyl groups excluding tert-OH is 1. The Morgan fingerprint density at radius 3 is 2.62 bits per heavy atom. The van der Waals surface area contributed by atoms with Crippen molar-refractivity contribution in [3.8, 4) is 5.75 Å². The van der Waals surface area contributed by atoms with Crippen molar-refractivity contribution in [3.05, 3.63) is 28.2 Å². The van der Waals surface area contributed by atoms with Gasteiger partial charge in [-0.15, -0.1) is 0 Å². The smallest absolute Gasteiger partial charge is 0.337 e. The highest BCUT2D eigenvalue weighted by Gasteiger charge is 2.22. The molecule has 0 aliphatic heterocycles. The van der Waals surface area contributed by atoms with Gasteiger partial charge < -0.3 is 20.3 Å². The summed E-state index contributed by atoms with van der Waals surface area (Å²) in [5.41, 5.74) is -1.38. The Bertz CT molecular complexity index is 383. The van der Waals surface area contributed by atoms with Crippen molar-refractivity contribution in [2.24, 2.45) is 0 Å². The van der Waals surface area contributed by atoms with Gasteiger partial charge in [0, 0.05) is 6.20 Å². The third-order valence-electron chi connectivity index (χ3n) is 1.48. The van der Waals surface area contributed by atoms with E-state index in [1.807, 2.05) is 0 Å². The highest BCUT2D eigenvalue weighted by molar-refractivity contribution is 5.74. The molecular weight excluding hydrogens is 178 g/mol. The quantitative estimate of drug-likeness (QED) is 0.482. The number of aliphatic hydroxyl groups is 1. The number of aromatic nitrogens is 1. The molecule has 0 fully saturated rings. The van der Waals surface area contributed by atoms with Gasteiger partial charge in [0.1, 0.15) is 5.75 Å². The van der Waals surface area contributed by atoms with Crippen LogP contribution in [-0.2, 0) is 4.79 Å². The van der Waals surface area contributed by atoms with Crippen molar-refractivity contribution in [1.82, 2.24) is 4.98 Å². The first kappa shape index (κ1) is 9.27. The predicted octanol–water partition coefficient (Wildman–Crippen LogP) is -0.802. The van der Waals surface area contributed by atoms with Gasteiger partial charge in [0.25, 0.3) is 5.56 Å². The Kier molecular flexibility index (Phi) is 2.34. The van der Waals surface area contributed by atoms with E-state index in [0.29, 0.717) is 0 Å². The first-order valence-corrected chi connectivity index (χ1v) is 3.35. The minimum absolute atomic E-state index is 0.543. The van der Waals surface area contributed by atoms with Crippen molar-refractivity contribution in [3.63, 3.8) is 0 Å². The molecule has 6 heteroatoms. The molecule has 1 atom stereocenters. The molecule has 13 heavy (non-hydrogen) atoms. The Labute approximate surface area is 72.1 Å². The summed E-state index contributed by atoms with van der Waals surface area (Å²) >= 11 is 0. The molecule has 0 aliphatic rings. The third-order valence-corrected chi connectivity index (χ3v) is 1.48. The van der Waals surface area contributed by atoms with E-state index in [0.717, 1.165) is 12.3 Å². The van der Waals surface area contributed by atoms with Crippen LogP contribution >= 0.6 is 0 Å². The second-order valence-electron chi connectivity index (χ2n) is 2.35. The predicted molar refractivity (Wildman–Crippen MR) is 41.3 cm³/mol. The molecule has 0 amide bonds. The Morgan fingerprint density at radius 2 is 2.15 bits per heavy atom. The number of aliphatic carboxylic acids is 1. The number of H-pyrrole nitrogens is 1. The lowest BCUT2D eigenvalue weighted by Crippen LogP contribution is -2.21. The number of rotatable bonds is 2. The lowest BCUT2D eigenvalue weighted by Gasteiger charge is -2.05. The van der Waals surface area contributed by atoms with Crippen LogP contribution in [0.4, 0.5) is 0 Å². The largest absolute Gasteiger partial charge is 0.507 e. The summed E-state index contributed by atoms with van der Waals surface area (Å²) in [6.45, 7) is 0. The summed E-state index contributed by atoms with van der Waals surface area (Å²) in [5.74, 6) is -2.13. The molecule has 0 bridgehead atoms. The topological polar surface area (TPSA) is 111 Å². The Morgan fingerprint density at radius 1 is 1.54 bits per heavy atom. The first-order valence-electron chi connectivity index (χ1n) is 3.35. The van der Waals surface area contributed by atoms with Crippen molar-refractivity contribution in [1.29, 1.82) is 0 Å². The fraction of sp³-hybridized carbons (Fsp3) is 0.143. The number of carboxylic acid groups (broad SMARTS) is 1. The summed E-state index contributed by atoms with van der Waals surface area (Å²) in [6.07, 6.45) is -0.861. The van der Waals surface area contributed by atoms with Crippen LogP contribution in [0.2, 0.25) is 0 Å². The minimum atomic E-state index is -2.01. The normalized spacial score (nSPS) is 12.4. The van der Waals surface area contributed by atoms with Crippen LogP contribution in [0, 0.1) is 0 Å². The molecule has 0 radical (unpaired) electrons. The lowest BCUT2D eigenvalue weighted by atomic mass is 10.1. The maximum absolute atomic E-state index is 10.9. The molecule has 6 nitrogen and oxygen atoms in total. The van der Waals surface area contributed by atoms with Crippen molar-refractivity contribution in [2.45, 2.75) is 6.10 Å². The van der Waals surface area contributed by atoms with Crippen LogP contribution in [-0.4, -0.2) is 26.3 Å². The molecule has 70 valence electrons. The second-order valence-corrected chi connectivity index (χ2v) is 2.35. The lowest BCUT2D eigenvalue weighted by molar-refractivity contribution is -0.147. The molecule has 0 aliphatic carbocycles. The Hall–Kier alpha value is -1.82. The number of hydrogen-bond donors (Lipinski definition) is 4. The molecule has 1 unspecified atom stereocenters. The molecule has 0 saturated carbocycles. The third kappa shape index (κ3) is 1.67. The van der Waals surface area contributed by atoms with Gasteiger partial charge in [-0.25, -0.2) is 4.79 Å². The van der Waals surface area contributed by atoms with E-state index in [4.69, 9.17) is 15.3 Å². The number of pyridine rings is 1. The van der Waals surface area contributed by atoms with E-state index in [1.54, 1.807) is 0 Å². The number of carbonyl (C=O) groups is 1. The number of aromatic amines is 1. The maximum Gasteiger partial charge on any atom is 0.337 e. The SMILES string of the molecule is O=C(O)C(O)c1c(O)cc[nH]c1=O. The van der Waals surface area contributed by atoms with Gasteiger partial charge in [0.15, 0.2) is 6.10 Å². The summed E-state index contributed by atoms with van der Waals surface area (Å²) in [4.78, 5) is 23.4. The molecule has 4 N–H and O–H groups in total. The molecule has 0 aromatic carbocycles. The van der Waals surface area contributed by atoms with Gasteiger partial charge in [-0.1, -0.05) is 0 Å². The first-order chi connectivity index (χ1) is 6.04. The van der Waals surface area contributed by atoms with Gasteiger partial charge in [-0.2, -0.15) is 0 Å². The van der Waals surface area contributed by atoms with E-state index in [-0.39, 0.29) is 0 Å². The summed E-state index contributed by atoms with van der Waals surface area (Å²) < 4.78 is 0. The van der Waals surface area contributed by atoms with E-state index in [2.05, 4.69) is 4.98 Å². The van der Waals surface area contributed by atoms with Gasteiger partial charge in [0.05, 0.1) is 5.56 Å². The average molecular weight is 185 g/mol.